The van der Waals surface area contributed by atoms with E-state index in [4.69, 9.17) is 0 Å². The lowest BCUT2D eigenvalue weighted by molar-refractivity contribution is -0.135. The number of benzene rings is 2. The van der Waals surface area contributed by atoms with E-state index in [9.17, 15) is 17.6 Å². The highest BCUT2D eigenvalue weighted by Crippen LogP contribution is 2.32. The van der Waals surface area contributed by atoms with E-state index >= 15 is 0 Å². The summed E-state index contributed by atoms with van der Waals surface area (Å²) in [5, 5.41) is 0. The number of fused-ring (bicyclic) bond motifs is 1. The zero-order chi connectivity index (χ0) is 22.3. The quantitative estimate of drug-likeness (QED) is 0.653. The number of nitrogens with one attached hydrogen (secondary N) is 1. The number of carbonyl (C=O) groups excluding carboxylic acids is 1. The standard InChI is InChI=1S/C23H25FN4O3S/c24-17-6-1-4-10-21(17)32(30,31)28-13-5-9-20(28)23(29)27-14-11-16(12-15-27)22-25-18-7-2-3-8-19(18)26-22/h1-4,6-8,10,16,20H,5,9,11-15H2,(H,25,26). The molecule has 0 aliphatic carbocycles. The normalized spacial score (nSPS) is 20.8. The first kappa shape index (κ1) is 21.1. The van der Waals surface area contributed by atoms with E-state index < -0.39 is 21.9 Å². The first-order chi connectivity index (χ1) is 15.4. The fourth-order valence-electron chi connectivity index (χ4n) is 4.80. The van der Waals surface area contributed by atoms with Crippen LogP contribution in [0.25, 0.3) is 11.0 Å². The van der Waals surface area contributed by atoms with E-state index in [-0.39, 0.29) is 23.3 Å². The molecule has 0 spiro atoms. The lowest BCUT2D eigenvalue weighted by Crippen LogP contribution is -2.49. The van der Waals surface area contributed by atoms with E-state index in [1.165, 1.54) is 22.5 Å². The minimum atomic E-state index is -4.07. The lowest BCUT2D eigenvalue weighted by Gasteiger charge is -2.34. The molecule has 0 bridgehead atoms. The van der Waals surface area contributed by atoms with Crippen LogP contribution in [0.5, 0.6) is 0 Å². The molecule has 1 unspecified atom stereocenters. The van der Waals surface area contributed by atoms with Crippen LogP contribution in [0.1, 0.15) is 37.4 Å². The van der Waals surface area contributed by atoms with Gasteiger partial charge < -0.3 is 9.88 Å². The number of nitrogens with zero attached hydrogens (tertiary/aromatic N) is 3. The number of carbonyl (C=O) groups is 1. The third kappa shape index (κ3) is 3.69. The summed E-state index contributed by atoms with van der Waals surface area (Å²) in [4.78, 5) is 22.7. The zero-order valence-electron chi connectivity index (χ0n) is 17.6. The van der Waals surface area contributed by atoms with Crippen molar-refractivity contribution in [1.82, 2.24) is 19.2 Å². The number of likely N-dealkylation sites (tertiary alicyclic amines) is 1. The SMILES string of the molecule is O=C(C1CCCN1S(=O)(=O)c1ccccc1F)N1CCC(c2nc3ccccc3[nH]2)CC1. The molecule has 3 aromatic rings. The van der Waals surface area contributed by atoms with Crippen molar-refractivity contribution in [2.45, 2.75) is 42.5 Å². The van der Waals surface area contributed by atoms with Gasteiger partial charge >= 0.3 is 0 Å². The Morgan fingerprint density at radius 2 is 1.72 bits per heavy atom. The number of aromatic nitrogens is 2. The van der Waals surface area contributed by atoms with Gasteiger partial charge in [-0.3, -0.25) is 4.79 Å². The van der Waals surface area contributed by atoms with Crippen LogP contribution in [0, 0.1) is 5.82 Å². The molecule has 1 N–H and O–H groups in total. The summed E-state index contributed by atoms with van der Waals surface area (Å²) in [5.41, 5.74) is 1.93. The summed E-state index contributed by atoms with van der Waals surface area (Å²) in [5.74, 6) is 0.180. The van der Waals surface area contributed by atoms with Gasteiger partial charge in [0.05, 0.1) is 11.0 Å². The number of para-hydroxylation sites is 2. The number of hydrogen-bond acceptors (Lipinski definition) is 4. The number of aromatic amines is 1. The van der Waals surface area contributed by atoms with Crippen LogP contribution < -0.4 is 0 Å². The van der Waals surface area contributed by atoms with Gasteiger partial charge in [0, 0.05) is 25.6 Å². The second kappa shape index (κ2) is 8.29. The monoisotopic (exact) mass is 456 g/mol. The van der Waals surface area contributed by atoms with Crippen molar-refractivity contribution in [1.29, 1.82) is 0 Å². The smallest absolute Gasteiger partial charge is 0.246 e. The molecule has 2 saturated heterocycles. The van der Waals surface area contributed by atoms with Gasteiger partial charge in [0.15, 0.2) is 0 Å². The Labute approximate surface area is 186 Å². The minimum absolute atomic E-state index is 0.189. The Morgan fingerprint density at radius 3 is 2.47 bits per heavy atom. The van der Waals surface area contributed by atoms with Gasteiger partial charge in [-0.25, -0.2) is 17.8 Å². The predicted octanol–water partition coefficient (Wildman–Crippen LogP) is 3.26. The fourth-order valence-corrected chi connectivity index (χ4v) is 6.52. The molecule has 1 aromatic heterocycles. The number of sulfonamides is 1. The number of piperidine rings is 1. The molecular weight excluding hydrogens is 431 g/mol. The highest BCUT2D eigenvalue weighted by molar-refractivity contribution is 7.89. The third-order valence-electron chi connectivity index (χ3n) is 6.51. The number of hydrogen-bond donors (Lipinski definition) is 1. The molecule has 1 atom stereocenters. The first-order valence-corrected chi connectivity index (χ1v) is 12.4. The summed E-state index contributed by atoms with van der Waals surface area (Å²) >= 11 is 0. The third-order valence-corrected chi connectivity index (χ3v) is 8.45. The first-order valence-electron chi connectivity index (χ1n) is 10.9. The van der Waals surface area contributed by atoms with E-state index in [0.717, 1.165) is 35.8 Å². The molecule has 168 valence electrons. The lowest BCUT2D eigenvalue weighted by atomic mass is 9.95. The van der Waals surface area contributed by atoms with Gasteiger partial charge in [-0.2, -0.15) is 4.31 Å². The van der Waals surface area contributed by atoms with Gasteiger partial charge in [-0.05, 0) is 49.9 Å². The molecule has 9 heteroatoms. The molecule has 5 rings (SSSR count). The predicted molar refractivity (Wildman–Crippen MR) is 118 cm³/mol. The molecule has 32 heavy (non-hydrogen) atoms. The topological polar surface area (TPSA) is 86.4 Å². The van der Waals surface area contributed by atoms with Crippen LogP contribution in [-0.2, 0) is 14.8 Å². The maximum absolute atomic E-state index is 14.2. The van der Waals surface area contributed by atoms with Crippen molar-refractivity contribution in [3.8, 4) is 0 Å². The average Bonchev–Trinajstić information content (AvgIpc) is 3.47. The Kier molecular flexibility index (Phi) is 5.46. The van der Waals surface area contributed by atoms with Crippen LogP contribution in [0.15, 0.2) is 53.4 Å². The van der Waals surface area contributed by atoms with Crippen molar-refractivity contribution in [2.24, 2.45) is 0 Å². The summed E-state index contributed by atoms with van der Waals surface area (Å²) in [7, 11) is -4.07. The summed E-state index contributed by atoms with van der Waals surface area (Å²) in [6, 6.07) is 12.4. The molecule has 2 aromatic carbocycles. The maximum Gasteiger partial charge on any atom is 0.246 e. The van der Waals surface area contributed by atoms with Crippen LogP contribution in [-0.4, -0.2) is 59.2 Å². The van der Waals surface area contributed by atoms with Crippen LogP contribution in [0.2, 0.25) is 0 Å². The molecule has 2 aliphatic rings. The largest absolute Gasteiger partial charge is 0.342 e. The molecule has 2 aliphatic heterocycles. The van der Waals surface area contributed by atoms with Crippen LogP contribution >= 0.6 is 0 Å². The molecule has 3 heterocycles. The summed E-state index contributed by atoms with van der Waals surface area (Å²) < 4.78 is 41.5. The number of amides is 1. The highest BCUT2D eigenvalue weighted by atomic mass is 32.2. The van der Waals surface area contributed by atoms with Crippen molar-refractivity contribution < 1.29 is 17.6 Å². The second-order valence-corrected chi connectivity index (χ2v) is 10.3. The summed E-state index contributed by atoms with van der Waals surface area (Å²) in [6.45, 7) is 1.32. The molecule has 0 saturated carbocycles. The van der Waals surface area contributed by atoms with Gasteiger partial charge in [-0.1, -0.05) is 24.3 Å². The molecule has 7 nitrogen and oxygen atoms in total. The molecule has 0 radical (unpaired) electrons. The van der Waals surface area contributed by atoms with E-state index in [1.54, 1.807) is 4.90 Å². The van der Waals surface area contributed by atoms with Gasteiger partial charge in [0.25, 0.3) is 0 Å². The Morgan fingerprint density at radius 1 is 1.00 bits per heavy atom. The fraction of sp³-hybridized carbons (Fsp3) is 0.391. The van der Waals surface area contributed by atoms with E-state index in [0.29, 0.717) is 25.9 Å². The van der Waals surface area contributed by atoms with Gasteiger partial charge in [0.1, 0.15) is 22.6 Å². The molecule has 2 fully saturated rings. The van der Waals surface area contributed by atoms with Crippen molar-refractivity contribution in [3.05, 3.63) is 60.2 Å². The van der Waals surface area contributed by atoms with Gasteiger partial charge in [-0.15, -0.1) is 0 Å². The van der Waals surface area contributed by atoms with E-state index in [2.05, 4.69) is 9.97 Å². The van der Waals surface area contributed by atoms with Gasteiger partial charge in [0.2, 0.25) is 15.9 Å². The van der Waals surface area contributed by atoms with Crippen LogP contribution in [0.4, 0.5) is 4.39 Å². The number of imidazole rings is 1. The molecular formula is C23H25FN4O3S. The molecule has 1 amide bonds. The Bertz CT molecular complexity index is 1220. The second-order valence-electron chi connectivity index (χ2n) is 8.44. The number of halogens is 1. The van der Waals surface area contributed by atoms with Crippen LogP contribution in [0.3, 0.4) is 0 Å². The van der Waals surface area contributed by atoms with Crippen molar-refractivity contribution >= 4 is 27.0 Å². The Balaban J connectivity index is 1.29. The van der Waals surface area contributed by atoms with E-state index in [1.807, 2.05) is 24.3 Å². The number of H-pyrrole nitrogens is 1. The minimum Gasteiger partial charge on any atom is -0.342 e. The highest BCUT2D eigenvalue weighted by Gasteiger charge is 2.42. The number of rotatable bonds is 4. The van der Waals surface area contributed by atoms with Crippen molar-refractivity contribution in [2.75, 3.05) is 19.6 Å². The van der Waals surface area contributed by atoms with Crippen molar-refractivity contribution in [3.63, 3.8) is 0 Å². The maximum atomic E-state index is 14.2. The zero-order valence-corrected chi connectivity index (χ0v) is 18.4. The Hall–Kier alpha value is -2.78. The summed E-state index contributed by atoms with van der Waals surface area (Å²) in [6.07, 6.45) is 2.56. The average molecular weight is 457 g/mol.